The van der Waals surface area contributed by atoms with Gasteiger partial charge in [-0.05, 0) is 30.0 Å². The van der Waals surface area contributed by atoms with Gasteiger partial charge in [-0.1, -0.05) is 36.4 Å². The lowest BCUT2D eigenvalue weighted by Gasteiger charge is -2.15. The Balaban J connectivity index is 2.06. The molecule has 15 heavy (non-hydrogen) atoms. The number of pyridine rings is 1. The van der Waals surface area contributed by atoms with Crippen molar-refractivity contribution in [1.29, 1.82) is 0 Å². The lowest BCUT2D eigenvalue weighted by molar-refractivity contribution is 0.839. The first-order valence-electron chi connectivity index (χ1n) is 5.38. The number of hydrogen-bond acceptors (Lipinski definition) is 1. The standard InChI is InChI=1S/C14H13N/c1-2-5-12(6-3-1)14(8-9-14)13-7-4-10-15-11-13/h1-7,10-11H,8-9H2. The second-order valence-electron chi connectivity index (χ2n) is 4.19. The highest BCUT2D eigenvalue weighted by Gasteiger charge is 2.45. The van der Waals surface area contributed by atoms with Crippen molar-refractivity contribution in [2.75, 3.05) is 0 Å². The van der Waals surface area contributed by atoms with Gasteiger partial charge >= 0.3 is 0 Å². The maximum atomic E-state index is 4.22. The van der Waals surface area contributed by atoms with E-state index in [1.165, 1.54) is 24.0 Å². The lowest BCUT2D eigenvalue weighted by atomic mass is 9.89. The molecule has 0 spiro atoms. The minimum Gasteiger partial charge on any atom is -0.264 e. The van der Waals surface area contributed by atoms with Crippen molar-refractivity contribution < 1.29 is 0 Å². The van der Waals surface area contributed by atoms with E-state index in [-0.39, 0.29) is 5.41 Å². The molecule has 1 heterocycles. The van der Waals surface area contributed by atoms with Crippen LogP contribution >= 0.6 is 0 Å². The van der Waals surface area contributed by atoms with Crippen LogP contribution in [0.5, 0.6) is 0 Å². The van der Waals surface area contributed by atoms with Gasteiger partial charge in [-0.2, -0.15) is 0 Å². The first kappa shape index (κ1) is 8.66. The maximum Gasteiger partial charge on any atom is 0.0308 e. The maximum absolute atomic E-state index is 4.22. The van der Waals surface area contributed by atoms with E-state index in [1.54, 1.807) is 0 Å². The van der Waals surface area contributed by atoms with E-state index >= 15 is 0 Å². The Labute approximate surface area is 89.8 Å². The fourth-order valence-corrected chi connectivity index (χ4v) is 2.27. The van der Waals surface area contributed by atoms with E-state index in [4.69, 9.17) is 0 Å². The van der Waals surface area contributed by atoms with Crippen LogP contribution in [0.15, 0.2) is 54.9 Å². The van der Waals surface area contributed by atoms with Gasteiger partial charge in [0.25, 0.3) is 0 Å². The highest BCUT2D eigenvalue weighted by atomic mass is 14.6. The third-order valence-electron chi connectivity index (χ3n) is 3.29. The highest BCUT2D eigenvalue weighted by Crippen LogP contribution is 2.52. The zero-order chi connectivity index (χ0) is 10.1. The van der Waals surface area contributed by atoms with Crippen molar-refractivity contribution in [2.24, 2.45) is 0 Å². The smallest absolute Gasteiger partial charge is 0.0308 e. The Hall–Kier alpha value is -1.63. The van der Waals surface area contributed by atoms with Gasteiger partial charge in [-0.15, -0.1) is 0 Å². The molecule has 1 aromatic carbocycles. The van der Waals surface area contributed by atoms with Gasteiger partial charge in [-0.25, -0.2) is 0 Å². The Morgan fingerprint density at radius 2 is 1.60 bits per heavy atom. The van der Waals surface area contributed by atoms with Gasteiger partial charge in [-0.3, -0.25) is 4.98 Å². The average Bonchev–Trinajstić information content (AvgIpc) is 3.13. The molecule has 1 fully saturated rings. The number of aromatic nitrogens is 1. The van der Waals surface area contributed by atoms with E-state index in [2.05, 4.69) is 41.4 Å². The van der Waals surface area contributed by atoms with Gasteiger partial charge in [0.05, 0.1) is 0 Å². The average molecular weight is 195 g/mol. The Kier molecular flexibility index (Phi) is 1.84. The molecule has 0 N–H and O–H groups in total. The zero-order valence-corrected chi connectivity index (χ0v) is 8.56. The molecule has 2 aromatic rings. The quantitative estimate of drug-likeness (QED) is 0.717. The first-order chi connectivity index (χ1) is 7.42. The monoisotopic (exact) mass is 195 g/mol. The van der Waals surface area contributed by atoms with E-state index in [0.717, 1.165) is 0 Å². The molecule has 0 saturated heterocycles. The molecular weight excluding hydrogens is 182 g/mol. The summed E-state index contributed by atoms with van der Waals surface area (Å²) in [6, 6.07) is 15.0. The minimum atomic E-state index is 0.273. The largest absolute Gasteiger partial charge is 0.264 e. The summed E-state index contributed by atoms with van der Waals surface area (Å²) in [6.45, 7) is 0. The van der Waals surface area contributed by atoms with Gasteiger partial charge in [0.2, 0.25) is 0 Å². The molecule has 0 atom stereocenters. The zero-order valence-electron chi connectivity index (χ0n) is 8.56. The van der Waals surface area contributed by atoms with E-state index in [0.29, 0.717) is 0 Å². The third-order valence-corrected chi connectivity index (χ3v) is 3.29. The van der Waals surface area contributed by atoms with Crippen LogP contribution in [0.1, 0.15) is 24.0 Å². The van der Waals surface area contributed by atoms with Gasteiger partial charge in [0.1, 0.15) is 0 Å². The van der Waals surface area contributed by atoms with Crippen molar-refractivity contribution in [3.05, 3.63) is 66.0 Å². The fraction of sp³-hybridized carbons (Fsp3) is 0.214. The molecule has 3 rings (SSSR count). The molecule has 0 unspecified atom stereocenters. The summed E-state index contributed by atoms with van der Waals surface area (Å²) in [7, 11) is 0. The number of rotatable bonds is 2. The number of nitrogens with zero attached hydrogens (tertiary/aromatic N) is 1. The molecule has 1 saturated carbocycles. The molecule has 1 heteroatoms. The molecule has 0 aliphatic heterocycles. The minimum absolute atomic E-state index is 0.273. The summed E-state index contributed by atoms with van der Waals surface area (Å²) in [4.78, 5) is 4.22. The van der Waals surface area contributed by atoms with Gasteiger partial charge in [0, 0.05) is 17.8 Å². The molecule has 1 aromatic heterocycles. The third kappa shape index (κ3) is 1.35. The van der Waals surface area contributed by atoms with Crippen LogP contribution < -0.4 is 0 Å². The highest BCUT2D eigenvalue weighted by molar-refractivity contribution is 5.43. The molecule has 0 radical (unpaired) electrons. The second kappa shape index (κ2) is 3.20. The van der Waals surface area contributed by atoms with Crippen molar-refractivity contribution in [2.45, 2.75) is 18.3 Å². The summed E-state index contributed by atoms with van der Waals surface area (Å²) in [5.41, 5.74) is 3.06. The van der Waals surface area contributed by atoms with Crippen LogP contribution in [0.4, 0.5) is 0 Å². The first-order valence-corrected chi connectivity index (χ1v) is 5.38. The molecule has 0 bridgehead atoms. The van der Waals surface area contributed by atoms with Crippen LogP contribution in [-0.4, -0.2) is 4.98 Å². The van der Waals surface area contributed by atoms with Crippen LogP contribution in [0, 0.1) is 0 Å². The number of hydrogen-bond donors (Lipinski definition) is 0. The van der Waals surface area contributed by atoms with Crippen molar-refractivity contribution >= 4 is 0 Å². The summed E-state index contributed by atoms with van der Waals surface area (Å²) in [6.07, 6.45) is 6.34. The Bertz CT molecular complexity index is 402. The predicted molar refractivity (Wildman–Crippen MR) is 60.7 cm³/mol. The number of benzene rings is 1. The molecule has 0 amide bonds. The second-order valence-corrected chi connectivity index (χ2v) is 4.19. The normalized spacial score (nSPS) is 17.3. The molecule has 74 valence electrons. The summed E-state index contributed by atoms with van der Waals surface area (Å²) < 4.78 is 0. The summed E-state index contributed by atoms with van der Waals surface area (Å²) in [5, 5.41) is 0. The van der Waals surface area contributed by atoms with Crippen LogP contribution in [0.3, 0.4) is 0 Å². The van der Waals surface area contributed by atoms with Gasteiger partial charge < -0.3 is 0 Å². The lowest BCUT2D eigenvalue weighted by Crippen LogP contribution is -2.08. The molecule has 1 nitrogen and oxygen atoms in total. The van der Waals surface area contributed by atoms with E-state index < -0.39 is 0 Å². The Morgan fingerprint density at radius 1 is 0.867 bits per heavy atom. The summed E-state index contributed by atoms with van der Waals surface area (Å²) in [5.74, 6) is 0. The van der Waals surface area contributed by atoms with E-state index in [1.807, 2.05) is 18.5 Å². The van der Waals surface area contributed by atoms with Crippen LogP contribution in [0.25, 0.3) is 0 Å². The fourth-order valence-electron chi connectivity index (χ4n) is 2.27. The molecular formula is C14H13N. The van der Waals surface area contributed by atoms with Crippen molar-refractivity contribution in [3.8, 4) is 0 Å². The molecule has 1 aliphatic rings. The van der Waals surface area contributed by atoms with Crippen molar-refractivity contribution in [3.63, 3.8) is 0 Å². The van der Waals surface area contributed by atoms with E-state index in [9.17, 15) is 0 Å². The summed E-state index contributed by atoms with van der Waals surface area (Å²) >= 11 is 0. The Morgan fingerprint density at radius 3 is 2.20 bits per heavy atom. The van der Waals surface area contributed by atoms with Crippen molar-refractivity contribution in [1.82, 2.24) is 4.98 Å². The predicted octanol–water partition coefficient (Wildman–Crippen LogP) is 3.16. The van der Waals surface area contributed by atoms with Crippen LogP contribution in [0.2, 0.25) is 0 Å². The van der Waals surface area contributed by atoms with Gasteiger partial charge in [0.15, 0.2) is 0 Å². The van der Waals surface area contributed by atoms with Crippen LogP contribution in [-0.2, 0) is 5.41 Å². The SMILES string of the molecule is c1ccc(C2(c3cccnc3)CC2)cc1. The molecule has 1 aliphatic carbocycles. The topological polar surface area (TPSA) is 12.9 Å².